The zero-order chi connectivity index (χ0) is 26.7. The number of thioether (sulfide) groups is 1. The van der Waals surface area contributed by atoms with Crippen molar-refractivity contribution in [3.8, 4) is 0 Å². The first-order valence-electron chi connectivity index (χ1n) is 12.4. The van der Waals surface area contributed by atoms with Crippen molar-refractivity contribution in [1.82, 2.24) is 20.7 Å². The molecule has 1 aromatic heterocycles. The van der Waals surface area contributed by atoms with Gasteiger partial charge in [0.1, 0.15) is 6.33 Å². The van der Waals surface area contributed by atoms with Crippen LogP contribution in [-0.2, 0) is 25.7 Å². The van der Waals surface area contributed by atoms with Crippen molar-refractivity contribution < 1.29 is 29.4 Å². The Morgan fingerprint density at radius 2 is 1.84 bits per heavy atom. The number of aromatic nitrogens is 3. The van der Waals surface area contributed by atoms with E-state index in [2.05, 4.69) is 20.5 Å². The molecule has 0 radical (unpaired) electrons. The summed E-state index contributed by atoms with van der Waals surface area (Å²) in [6.45, 7) is -0.0233. The minimum Gasteiger partial charge on any atom is -0.392 e. The predicted molar refractivity (Wildman–Crippen MR) is 139 cm³/mol. The Morgan fingerprint density at radius 3 is 2.55 bits per heavy atom. The molecule has 12 heteroatoms. The highest BCUT2D eigenvalue weighted by molar-refractivity contribution is 7.99. The lowest BCUT2D eigenvalue weighted by Crippen LogP contribution is -2.31. The minimum atomic E-state index is -0.652. The summed E-state index contributed by atoms with van der Waals surface area (Å²) in [5.41, 5.74) is 4.80. The summed E-state index contributed by atoms with van der Waals surface area (Å²) >= 11 is 1.52. The maximum atomic E-state index is 12.4. The van der Waals surface area contributed by atoms with Crippen LogP contribution in [0.3, 0.4) is 0 Å². The van der Waals surface area contributed by atoms with Crippen molar-refractivity contribution in [1.29, 1.82) is 0 Å². The number of aliphatic hydroxyl groups is 1. The quantitative estimate of drug-likeness (QED) is 0.0999. The van der Waals surface area contributed by atoms with Gasteiger partial charge >= 0.3 is 0 Å². The smallest absolute Gasteiger partial charge is 0.243 e. The van der Waals surface area contributed by atoms with Gasteiger partial charge in [-0.15, -0.1) is 0 Å². The molecular weight excluding hydrogens is 510 g/mol. The second-order valence-electron chi connectivity index (χ2n) is 8.87. The second-order valence-corrected chi connectivity index (χ2v) is 9.88. The van der Waals surface area contributed by atoms with Crippen molar-refractivity contribution in [3.63, 3.8) is 0 Å². The van der Waals surface area contributed by atoms with Gasteiger partial charge in [-0.3, -0.25) is 19.9 Å². The number of hydrogen-bond donors (Lipinski definition) is 5. The average molecular weight is 542 g/mol. The molecule has 0 bridgehead atoms. The zero-order valence-electron chi connectivity index (χ0n) is 20.7. The van der Waals surface area contributed by atoms with E-state index in [0.29, 0.717) is 35.9 Å². The molecule has 0 saturated carbocycles. The molecule has 3 aromatic rings. The maximum absolute atomic E-state index is 12.4. The SMILES string of the molecule is O=C(CCCCC(=O)Nc1cccc([C@H]2O[C@@H](CSc3ncn[nH]3)C[C@@H](c3ccc(CO)cc3)O2)c1)NO. The first-order chi connectivity index (χ1) is 18.5. The molecule has 1 saturated heterocycles. The number of rotatable bonds is 12. The van der Waals surface area contributed by atoms with Crippen LogP contribution < -0.4 is 10.8 Å². The average Bonchev–Trinajstić information content (AvgIpc) is 3.48. The third-order valence-corrected chi connectivity index (χ3v) is 7.05. The van der Waals surface area contributed by atoms with Crippen LogP contribution in [0, 0.1) is 0 Å². The Bertz CT molecular complexity index is 1180. The summed E-state index contributed by atoms with van der Waals surface area (Å²) in [7, 11) is 0. The van der Waals surface area contributed by atoms with Gasteiger partial charge < -0.3 is 19.9 Å². The molecule has 2 aromatic carbocycles. The Labute approximate surface area is 224 Å². The molecule has 0 unspecified atom stereocenters. The number of H-pyrrole nitrogens is 1. The molecule has 2 amide bonds. The molecule has 11 nitrogen and oxygen atoms in total. The van der Waals surface area contributed by atoms with Crippen LogP contribution in [-0.4, -0.2) is 49.2 Å². The number of unbranched alkanes of at least 4 members (excludes halogenated alkanes) is 1. The summed E-state index contributed by atoms with van der Waals surface area (Å²) in [6.07, 6.45) is 2.53. The fourth-order valence-electron chi connectivity index (χ4n) is 4.07. The molecule has 5 N–H and O–H groups in total. The third kappa shape index (κ3) is 8.10. The van der Waals surface area contributed by atoms with Crippen molar-refractivity contribution in [2.75, 3.05) is 11.1 Å². The normalized spacial score (nSPS) is 19.2. The molecule has 1 aliphatic heterocycles. The number of carbonyl (C=O) groups excluding carboxylic acids is 2. The van der Waals surface area contributed by atoms with E-state index in [1.165, 1.54) is 18.1 Å². The van der Waals surface area contributed by atoms with Crippen LogP contribution in [0.4, 0.5) is 5.69 Å². The van der Waals surface area contributed by atoms with E-state index in [9.17, 15) is 14.7 Å². The molecule has 2 heterocycles. The van der Waals surface area contributed by atoms with Gasteiger partial charge in [-0.05, 0) is 36.1 Å². The largest absolute Gasteiger partial charge is 0.392 e. The van der Waals surface area contributed by atoms with Gasteiger partial charge in [-0.2, -0.15) is 5.10 Å². The molecule has 1 fully saturated rings. The predicted octanol–water partition coefficient (Wildman–Crippen LogP) is 3.64. The molecule has 3 atom stereocenters. The molecule has 38 heavy (non-hydrogen) atoms. The highest BCUT2D eigenvalue weighted by Gasteiger charge is 2.32. The number of nitrogens with zero attached hydrogens (tertiary/aromatic N) is 2. The van der Waals surface area contributed by atoms with Crippen molar-refractivity contribution in [3.05, 3.63) is 71.5 Å². The lowest BCUT2D eigenvalue weighted by Gasteiger charge is -2.36. The van der Waals surface area contributed by atoms with Crippen LogP contribution >= 0.6 is 11.8 Å². The summed E-state index contributed by atoms with van der Waals surface area (Å²) in [4.78, 5) is 27.7. The Hall–Kier alpha value is -3.29. The summed E-state index contributed by atoms with van der Waals surface area (Å²) in [6, 6.07) is 15.0. The van der Waals surface area contributed by atoms with Crippen molar-refractivity contribution in [2.45, 2.75) is 62.4 Å². The number of nitrogens with one attached hydrogen (secondary N) is 3. The van der Waals surface area contributed by atoms with Gasteiger partial charge in [-0.25, -0.2) is 10.5 Å². The first-order valence-corrected chi connectivity index (χ1v) is 13.3. The van der Waals surface area contributed by atoms with Crippen LogP contribution in [0.1, 0.15) is 61.2 Å². The van der Waals surface area contributed by atoms with Crippen LogP contribution in [0.5, 0.6) is 0 Å². The van der Waals surface area contributed by atoms with Gasteiger partial charge in [0, 0.05) is 36.3 Å². The van der Waals surface area contributed by atoms with Crippen LogP contribution in [0.15, 0.2) is 60.0 Å². The molecule has 1 aliphatic rings. The van der Waals surface area contributed by atoms with Gasteiger partial charge in [0.25, 0.3) is 0 Å². The van der Waals surface area contributed by atoms with E-state index < -0.39 is 12.2 Å². The van der Waals surface area contributed by atoms with E-state index >= 15 is 0 Å². The number of carbonyl (C=O) groups is 2. The van der Waals surface area contributed by atoms with Crippen molar-refractivity contribution >= 4 is 29.3 Å². The third-order valence-electron chi connectivity index (χ3n) is 6.04. The monoisotopic (exact) mass is 541 g/mol. The number of amides is 2. The number of aliphatic hydroxyl groups excluding tert-OH is 1. The first kappa shape index (κ1) is 27.7. The maximum Gasteiger partial charge on any atom is 0.243 e. The Balaban J connectivity index is 1.42. The summed E-state index contributed by atoms with van der Waals surface area (Å²) in [5, 5.41) is 28.3. The zero-order valence-corrected chi connectivity index (χ0v) is 21.5. The Morgan fingerprint density at radius 1 is 1.05 bits per heavy atom. The number of anilines is 1. The molecule has 202 valence electrons. The van der Waals surface area contributed by atoms with Crippen molar-refractivity contribution in [2.24, 2.45) is 0 Å². The molecule has 4 rings (SSSR count). The lowest BCUT2D eigenvalue weighted by atomic mass is 10.0. The van der Waals surface area contributed by atoms with E-state index in [-0.39, 0.29) is 37.6 Å². The summed E-state index contributed by atoms with van der Waals surface area (Å²) < 4.78 is 12.7. The van der Waals surface area contributed by atoms with Gasteiger partial charge in [-0.1, -0.05) is 48.2 Å². The number of benzene rings is 2. The Kier molecular flexibility index (Phi) is 10.2. The number of hydroxylamine groups is 1. The van der Waals surface area contributed by atoms with Gasteiger partial charge in [0.2, 0.25) is 11.8 Å². The van der Waals surface area contributed by atoms with E-state index in [1.54, 1.807) is 11.5 Å². The minimum absolute atomic E-state index is 0.0233. The fraction of sp³-hybridized carbons (Fsp3) is 0.385. The van der Waals surface area contributed by atoms with E-state index in [1.807, 2.05) is 42.5 Å². The highest BCUT2D eigenvalue weighted by Crippen LogP contribution is 2.39. The topological polar surface area (TPSA) is 159 Å². The second kappa shape index (κ2) is 14.0. The fourth-order valence-corrected chi connectivity index (χ4v) is 4.87. The van der Waals surface area contributed by atoms with Gasteiger partial charge in [0.05, 0.1) is 18.8 Å². The summed E-state index contributed by atoms with van der Waals surface area (Å²) in [5.74, 6) is 0.0105. The number of ether oxygens (including phenoxy) is 2. The van der Waals surface area contributed by atoms with E-state index in [0.717, 1.165) is 16.7 Å². The van der Waals surface area contributed by atoms with Crippen LogP contribution in [0.25, 0.3) is 0 Å². The number of aromatic amines is 1. The van der Waals surface area contributed by atoms with E-state index in [4.69, 9.17) is 14.7 Å². The molecule has 0 aliphatic carbocycles. The molecule has 0 spiro atoms. The molecular formula is C26H31N5O6S. The standard InChI is InChI=1S/C26H31N5O6S/c32-14-17-8-10-18(11-9-17)22-13-21(15-38-26-27-16-28-30-26)36-25(37-22)19-4-3-5-20(12-19)29-23(33)6-1-2-7-24(34)31-35/h3-5,8-12,16,21-22,25,32,35H,1-2,6-7,13-15H2,(H,29,33)(H,31,34)(H,27,28,30)/t21-,22+,25+/m1/s1. The van der Waals surface area contributed by atoms with Crippen LogP contribution in [0.2, 0.25) is 0 Å². The lowest BCUT2D eigenvalue weighted by molar-refractivity contribution is -0.245. The van der Waals surface area contributed by atoms with Gasteiger partial charge in [0.15, 0.2) is 11.4 Å². The highest BCUT2D eigenvalue weighted by atomic mass is 32.2. The number of hydrogen-bond acceptors (Lipinski definition) is 9.